The van der Waals surface area contributed by atoms with Crippen molar-refractivity contribution in [1.29, 1.82) is 0 Å². The van der Waals surface area contributed by atoms with E-state index in [0.717, 1.165) is 0 Å². The molecule has 0 aromatic rings. The molecule has 0 aromatic heterocycles. The van der Waals surface area contributed by atoms with E-state index in [1.54, 1.807) is 6.92 Å². The number of alkyl halides is 2. The zero-order valence-corrected chi connectivity index (χ0v) is 7.31. The molecule has 1 heterocycles. The molecule has 4 atom stereocenters. The Morgan fingerprint density at radius 2 is 2.27 bits per heavy atom. The van der Waals surface area contributed by atoms with Crippen LogP contribution in [0.4, 0.5) is 4.39 Å². The average Bonchev–Trinajstić information content (AvgIpc) is 2.14. The van der Waals surface area contributed by atoms with Crippen LogP contribution < -0.4 is 0 Å². The Morgan fingerprint density at radius 3 is 2.45 bits per heavy atom. The second-order valence-corrected chi connectivity index (χ2v) is 3.48. The maximum absolute atomic E-state index is 13.2. The minimum atomic E-state index is -2.11. The van der Waals surface area contributed by atoms with Crippen molar-refractivity contribution in [2.45, 2.75) is 37.8 Å². The molecule has 1 N–H and O–H groups in total. The van der Waals surface area contributed by atoms with Gasteiger partial charge in [0.2, 0.25) is 11.4 Å². The van der Waals surface area contributed by atoms with Crippen molar-refractivity contribution < 1.29 is 14.2 Å². The van der Waals surface area contributed by atoms with Gasteiger partial charge in [-0.1, -0.05) is 25.4 Å². The Balaban J connectivity index is 2.71. The van der Waals surface area contributed by atoms with Gasteiger partial charge in [-0.3, -0.25) is 0 Å². The molecule has 11 heavy (non-hydrogen) atoms. The van der Waals surface area contributed by atoms with Gasteiger partial charge in [0.1, 0.15) is 0 Å². The molecular weight excluding hydrogens is 171 g/mol. The van der Waals surface area contributed by atoms with Gasteiger partial charge in [0, 0.05) is 5.92 Å². The number of hydrogen-bond donors (Lipinski definition) is 1. The summed E-state index contributed by atoms with van der Waals surface area (Å²) in [5.41, 5.74) is 0. The monoisotopic (exact) mass is 182 g/mol. The predicted molar refractivity (Wildman–Crippen MR) is 40.0 cm³/mol. The summed E-state index contributed by atoms with van der Waals surface area (Å²) in [6, 6.07) is 0. The van der Waals surface area contributed by atoms with Crippen LogP contribution in [0, 0.1) is 5.92 Å². The van der Waals surface area contributed by atoms with E-state index < -0.39 is 17.3 Å². The quantitative estimate of drug-likeness (QED) is 0.625. The van der Waals surface area contributed by atoms with E-state index in [1.807, 2.05) is 6.92 Å². The van der Waals surface area contributed by atoms with Crippen LogP contribution >= 0.6 is 11.6 Å². The molecule has 0 spiro atoms. The number of aliphatic hydroxyl groups excluding tert-OH is 1. The summed E-state index contributed by atoms with van der Waals surface area (Å²) in [4.78, 5) is 0. The number of halogens is 2. The van der Waals surface area contributed by atoms with Crippen LogP contribution in [0.1, 0.15) is 20.3 Å². The van der Waals surface area contributed by atoms with Gasteiger partial charge in [-0.15, -0.1) is 0 Å². The number of ether oxygens (including phenoxy) is 1. The van der Waals surface area contributed by atoms with E-state index in [9.17, 15) is 4.39 Å². The zero-order chi connectivity index (χ0) is 8.65. The molecule has 1 aliphatic rings. The second kappa shape index (κ2) is 2.88. The molecule has 0 radical (unpaired) electrons. The molecule has 0 bridgehead atoms. The topological polar surface area (TPSA) is 29.5 Å². The van der Waals surface area contributed by atoms with E-state index >= 15 is 0 Å². The molecule has 0 aromatic carbocycles. The van der Waals surface area contributed by atoms with Gasteiger partial charge in [0.05, 0.1) is 6.10 Å². The highest BCUT2D eigenvalue weighted by molar-refractivity contribution is 6.23. The Bertz CT molecular complexity index is 151. The van der Waals surface area contributed by atoms with Crippen molar-refractivity contribution >= 4 is 11.6 Å². The highest BCUT2D eigenvalue weighted by atomic mass is 35.5. The summed E-state index contributed by atoms with van der Waals surface area (Å²) >= 11 is 5.40. The third-order valence-electron chi connectivity index (χ3n) is 2.20. The van der Waals surface area contributed by atoms with Gasteiger partial charge >= 0.3 is 0 Å². The van der Waals surface area contributed by atoms with Crippen molar-refractivity contribution in [3.8, 4) is 0 Å². The Labute approximate surface area is 70.3 Å². The van der Waals surface area contributed by atoms with Gasteiger partial charge in [-0.25, -0.2) is 4.39 Å². The Kier molecular flexibility index (Phi) is 2.42. The normalized spacial score (nSPS) is 51.5. The fourth-order valence-corrected chi connectivity index (χ4v) is 1.49. The van der Waals surface area contributed by atoms with E-state index in [1.165, 1.54) is 0 Å². The largest absolute Gasteiger partial charge is 0.364 e. The highest BCUT2D eigenvalue weighted by Gasteiger charge is 2.53. The zero-order valence-electron chi connectivity index (χ0n) is 6.55. The van der Waals surface area contributed by atoms with Gasteiger partial charge in [-0.05, 0) is 6.42 Å². The van der Waals surface area contributed by atoms with Crippen LogP contribution in [0.5, 0.6) is 0 Å². The summed E-state index contributed by atoms with van der Waals surface area (Å²) in [7, 11) is 0. The molecule has 66 valence electrons. The number of aliphatic hydroxyl groups is 1. The lowest BCUT2D eigenvalue weighted by atomic mass is 10.00. The standard InChI is InChI=1S/C7H12ClFO2/c1-3-5-4(2)7(8,9)6(10)11-5/h4-6,10H,3H2,1-2H3/t4?,5-,6?,7-/m1/s1. The molecule has 0 aliphatic carbocycles. The summed E-state index contributed by atoms with van der Waals surface area (Å²) in [5.74, 6) is -0.454. The minimum absolute atomic E-state index is 0.271. The van der Waals surface area contributed by atoms with Gasteiger partial charge in [-0.2, -0.15) is 0 Å². The third-order valence-corrected chi connectivity index (χ3v) is 2.73. The van der Waals surface area contributed by atoms with Crippen LogP contribution in [-0.4, -0.2) is 22.6 Å². The van der Waals surface area contributed by atoms with Crippen molar-refractivity contribution in [3.63, 3.8) is 0 Å². The number of hydrogen-bond acceptors (Lipinski definition) is 2. The molecular formula is C7H12ClFO2. The second-order valence-electron chi connectivity index (χ2n) is 2.90. The van der Waals surface area contributed by atoms with E-state index in [2.05, 4.69) is 0 Å². The maximum atomic E-state index is 13.2. The number of rotatable bonds is 1. The third kappa shape index (κ3) is 1.37. The molecule has 4 heteroatoms. The molecule has 2 unspecified atom stereocenters. The van der Waals surface area contributed by atoms with Crippen LogP contribution in [0.15, 0.2) is 0 Å². The van der Waals surface area contributed by atoms with Crippen molar-refractivity contribution in [3.05, 3.63) is 0 Å². The van der Waals surface area contributed by atoms with E-state index in [-0.39, 0.29) is 6.10 Å². The lowest BCUT2D eigenvalue weighted by Crippen LogP contribution is -2.32. The van der Waals surface area contributed by atoms with E-state index in [4.69, 9.17) is 21.4 Å². The lowest BCUT2D eigenvalue weighted by Gasteiger charge is -2.18. The molecule has 1 fully saturated rings. The first kappa shape index (κ1) is 9.23. The van der Waals surface area contributed by atoms with Crippen LogP contribution in [-0.2, 0) is 4.74 Å². The average molecular weight is 183 g/mol. The van der Waals surface area contributed by atoms with Crippen molar-refractivity contribution in [2.24, 2.45) is 5.92 Å². The highest BCUT2D eigenvalue weighted by Crippen LogP contribution is 2.42. The Morgan fingerprint density at radius 1 is 1.73 bits per heavy atom. The van der Waals surface area contributed by atoms with Gasteiger partial charge in [0.15, 0.2) is 0 Å². The molecule has 1 aliphatic heterocycles. The summed E-state index contributed by atoms with van der Waals surface area (Å²) < 4.78 is 18.1. The van der Waals surface area contributed by atoms with Crippen molar-refractivity contribution in [1.82, 2.24) is 0 Å². The summed E-state index contributed by atoms with van der Waals surface area (Å²) in [6.07, 6.45) is -1.09. The Hall–Kier alpha value is 0.140. The first-order valence-electron chi connectivity index (χ1n) is 3.71. The maximum Gasteiger partial charge on any atom is 0.238 e. The first-order chi connectivity index (χ1) is 5.00. The first-order valence-corrected chi connectivity index (χ1v) is 4.09. The van der Waals surface area contributed by atoms with Crippen LogP contribution in [0.25, 0.3) is 0 Å². The smallest absolute Gasteiger partial charge is 0.238 e. The van der Waals surface area contributed by atoms with E-state index in [0.29, 0.717) is 6.42 Å². The SMILES string of the molecule is CC[C@H]1OC(O)[C@@](F)(Cl)C1C. The predicted octanol–water partition coefficient (Wildman–Crippen LogP) is 1.65. The molecule has 1 rings (SSSR count). The molecule has 0 saturated carbocycles. The van der Waals surface area contributed by atoms with Gasteiger partial charge in [0.25, 0.3) is 0 Å². The summed E-state index contributed by atoms with van der Waals surface area (Å²) in [5, 5.41) is 6.89. The molecule has 1 saturated heterocycles. The lowest BCUT2D eigenvalue weighted by molar-refractivity contribution is -0.121. The molecule has 0 amide bonds. The van der Waals surface area contributed by atoms with Crippen LogP contribution in [0.2, 0.25) is 0 Å². The van der Waals surface area contributed by atoms with Gasteiger partial charge < -0.3 is 9.84 Å². The van der Waals surface area contributed by atoms with Crippen LogP contribution in [0.3, 0.4) is 0 Å². The van der Waals surface area contributed by atoms with Crippen molar-refractivity contribution in [2.75, 3.05) is 0 Å². The molecule has 2 nitrogen and oxygen atoms in total. The minimum Gasteiger partial charge on any atom is -0.364 e. The summed E-state index contributed by atoms with van der Waals surface area (Å²) in [6.45, 7) is 3.50. The fourth-order valence-electron chi connectivity index (χ4n) is 1.30. The fraction of sp³-hybridized carbons (Fsp3) is 1.00.